The summed E-state index contributed by atoms with van der Waals surface area (Å²) in [4.78, 5) is 27.3. The Labute approximate surface area is 255 Å². The third-order valence-corrected chi connectivity index (χ3v) is 7.79. The van der Waals surface area contributed by atoms with Gasteiger partial charge < -0.3 is 15.3 Å². The van der Waals surface area contributed by atoms with Gasteiger partial charge in [0.15, 0.2) is 0 Å². The van der Waals surface area contributed by atoms with Crippen molar-refractivity contribution < 1.29 is 23.5 Å². The van der Waals surface area contributed by atoms with Gasteiger partial charge in [0.05, 0.1) is 0 Å². The second kappa shape index (κ2) is 14.6. The van der Waals surface area contributed by atoms with E-state index in [1.807, 2.05) is 78.7 Å². The van der Waals surface area contributed by atoms with Crippen molar-refractivity contribution in [3.05, 3.63) is 131 Å². The topological polar surface area (TPSA) is 69.6 Å². The molecule has 0 aliphatic carbocycles. The minimum atomic E-state index is -1.08. The van der Waals surface area contributed by atoms with Crippen LogP contribution in [0.2, 0.25) is 0 Å². The van der Waals surface area contributed by atoms with Crippen LogP contribution in [0.4, 0.5) is 14.5 Å². The average molecular weight is 601 g/mol. The normalized spacial score (nSPS) is 11.5. The van der Waals surface area contributed by atoms with Crippen LogP contribution in [0, 0.1) is 18.6 Å². The molecule has 0 heterocycles. The van der Waals surface area contributed by atoms with E-state index in [1.165, 1.54) is 23.9 Å². The number of nitrogens with zero attached hydrogens (tertiary/aromatic N) is 1. The van der Waals surface area contributed by atoms with E-state index in [-0.39, 0.29) is 6.54 Å². The van der Waals surface area contributed by atoms with E-state index in [2.05, 4.69) is 11.9 Å². The van der Waals surface area contributed by atoms with Crippen LogP contribution in [0.15, 0.2) is 91.5 Å². The largest absolute Gasteiger partial charge is 0.480 e. The van der Waals surface area contributed by atoms with Crippen molar-refractivity contribution >= 4 is 35.4 Å². The minimum Gasteiger partial charge on any atom is -0.480 e. The van der Waals surface area contributed by atoms with Crippen LogP contribution in [-0.2, 0) is 17.9 Å². The van der Waals surface area contributed by atoms with Crippen LogP contribution < -0.4 is 10.2 Å². The summed E-state index contributed by atoms with van der Waals surface area (Å²) in [6, 6.07) is 23.3. The zero-order chi connectivity index (χ0) is 30.9. The van der Waals surface area contributed by atoms with Gasteiger partial charge in [0, 0.05) is 30.4 Å². The zero-order valence-corrected chi connectivity index (χ0v) is 25.0. The number of hydrogen-bond acceptors (Lipinski definition) is 4. The lowest BCUT2D eigenvalue weighted by Gasteiger charge is -2.26. The summed E-state index contributed by atoms with van der Waals surface area (Å²) >= 11 is 1.52. The van der Waals surface area contributed by atoms with Crippen LogP contribution in [0.3, 0.4) is 0 Å². The van der Waals surface area contributed by atoms with Crippen molar-refractivity contribution in [2.75, 3.05) is 16.9 Å². The maximum Gasteiger partial charge on any atom is 0.326 e. The van der Waals surface area contributed by atoms with Gasteiger partial charge in [-0.05, 0) is 95.1 Å². The molecule has 4 aromatic rings. The second-order valence-corrected chi connectivity index (χ2v) is 11.3. The number of carbonyl (C=O) groups excluding carboxylic acids is 1. The Morgan fingerprint density at radius 2 is 1.60 bits per heavy atom. The Bertz CT molecular complexity index is 1590. The van der Waals surface area contributed by atoms with E-state index < -0.39 is 29.6 Å². The number of hydrogen-bond donors (Lipinski definition) is 2. The highest BCUT2D eigenvalue weighted by molar-refractivity contribution is 7.98. The molecule has 1 amide bonds. The van der Waals surface area contributed by atoms with Crippen LogP contribution in [0.5, 0.6) is 0 Å². The molecule has 8 heteroatoms. The Balaban J connectivity index is 1.74. The molecule has 0 saturated carbocycles. The summed E-state index contributed by atoms with van der Waals surface area (Å²) in [5, 5.41) is 12.4. The van der Waals surface area contributed by atoms with Crippen LogP contribution in [-0.4, -0.2) is 35.0 Å². The number of rotatable bonds is 13. The fourth-order valence-corrected chi connectivity index (χ4v) is 5.39. The molecule has 0 spiro atoms. The minimum absolute atomic E-state index is 0.236. The first-order chi connectivity index (χ1) is 20.7. The monoisotopic (exact) mass is 600 g/mol. The van der Waals surface area contributed by atoms with Gasteiger partial charge in [-0.2, -0.15) is 11.8 Å². The van der Waals surface area contributed by atoms with Crippen molar-refractivity contribution in [2.45, 2.75) is 32.5 Å². The van der Waals surface area contributed by atoms with Crippen molar-refractivity contribution in [1.29, 1.82) is 0 Å². The fraction of sp³-hybridized carbons (Fsp3) is 0.200. The molecule has 0 aromatic heterocycles. The standard InChI is InChI=1S/C35H34F2N2O3S/c1-4-24-9-12-29(13-10-24)39(22-26-17-27(36)20-28(37)18-26)21-25-11-14-31(32(19-25)30-8-6-5-7-23(30)2)34(40)38-33(35(41)42)15-16-43-3/h4-14,17-20,33H,1,15-16,21-22H2,2-3H3,(H,38,40)(H,41,42). The molecular weight excluding hydrogens is 566 g/mol. The Kier molecular flexibility index (Phi) is 10.7. The number of aliphatic carboxylic acids is 1. The van der Waals surface area contributed by atoms with Crippen LogP contribution >= 0.6 is 11.8 Å². The lowest BCUT2D eigenvalue weighted by atomic mass is 9.93. The van der Waals surface area contributed by atoms with E-state index in [0.29, 0.717) is 35.4 Å². The third kappa shape index (κ3) is 8.32. The molecule has 0 aliphatic heterocycles. The number of carboxylic acid groups (broad SMARTS) is 1. The van der Waals surface area contributed by atoms with E-state index in [0.717, 1.165) is 34.0 Å². The summed E-state index contributed by atoms with van der Waals surface area (Å²) in [5.74, 6) is -2.24. The van der Waals surface area contributed by atoms with Gasteiger partial charge in [-0.25, -0.2) is 13.6 Å². The first kappa shape index (κ1) is 31.5. The van der Waals surface area contributed by atoms with Crippen molar-refractivity contribution in [1.82, 2.24) is 5.32 Å². The van der Waals surface area contributed by atoms with Gasteiger partial charge in [0.1, 0.15) is 17.7 Å². The molecule has 5 nitrogen and oxygen atoms in total. The molecule has 0 fully saturated rings. The number of amides is 1. The molecule has 1 atom stereocenters. The number of nitrogens with one attached hydrogen (secondary N) is 1. The molecule has 43 heavy (non-hydrogen) atoms. The van der Waals surface area contributed by atoms with Crippen molar-refractivity contribution in [3.63, 3.8) is 0 Å². The lowest BCUT2D eigenvalue weighted by molar-refractivity contribution is -0.139. The molecule has 0 saturated heterocycles. The first-order valence-corrected chi connectivity index (χ1v) is 15.2. The number of carbonyl (C=O) groups is 2. The summed E-state index contributed by atoms with van der Waals surface area (Å²) in [7, 11) is 0. The van der Waals surface area contributed by atoms with Gasteiger partial charge in [-0.3, -0.25) is 4.79 Å². The zero-order valence-electron chi connectivity index (χ0n) is 24.1. The average Bonchev–Trinajstić information content (AvgIpc) is 2.98. The van der Waals surface area contributed by atoms with Crippen LogP contribution in [0.25, 0.3) is 17.2 Å². The molecule has 222 valence electrons. The van der Waals surface area contributed by atoms with Gasteiger partial charge >= 0.3 is 5.97 Å². The number of aryl methyl sites for hydroxylation is 1. The quantitative estimate of drug-likeness (QED) is 0.164. The van der Waals surface area contributed by atoms with Crippen molar-refractivity contribution in [3.8, 4) is 11.1 Å². The smallest absolute Gasteiger partial charge is 0.326 e. The molecule has 0 radical (unpaired) electrons. The van der Waals surface area contributed by atoms with Gasteiger partial charge in [0.25, 0.3) is 5.91 Å². The second-order valence-electron chi connectivity index (χ2n) is 10.3. The van der Waals surface area contributed by atoms with Gasteiger partial charge in [-0.1, -0.05) is 55.1 Å². The molecular formula is C35H34F2N2O3S. The summed E-state index contributed by atoms with van der Waals surface area (Å²) in [6.07, 6.45) is 3.93. The van der Waals surface area contributed by atoms with E-state index in [1.54, 1.807) is 12.1 Å². The predicted octanol–water partition coefficient (Wildman–Crippen LogP) is 7.73. The fourth-order valence-electron chi connectivity index (χ4n) is 4.92. The number of carboxylic acids is 1. The molecule has 2 N–H and O–H groups in total. The first-order valence-electron chi connectivity index (χ1n) is 13.8. The highest BCUT2D eigenvalue weighted by Gasteiger charge is 2.23. The third-order valence-electron chi connectivity index (χ3n) is 7.14. The molecule has 4 aromatic carbocycles. The maximum absolute atomic E-state index is 14.1. The van der Waals surface area contributed by atoms with Gasteiger partial charge in [0.2, 0.25) is 0 Å². The van der Waals surface area contributed by atoms with E-state index >= 15 is 0 Å². The molecule has 4 rings (SSSR count). The Hall–Kier alpha value is -4.43. The van der Waals surface area contributed by atoms with Gasteiger partial charge in [-0.15, -0.1) is 0 Å². The highest BCUT2D eigenvalue weighted by Crippen LogP contribution is 2.30. The number of thioether (sulfide) groups is 1. The highest BCUT2D eigenvalue weighted by atomic mass is 32.2. The summed E-state index contributed by atoms with van der Waals surface area (Å²) < 4.78 is 28.1. The SMILES string of the molecule is C=Cc1ccc(N(Cc2cc(F)cc(F)c2)Cc2ccc(C(=O)NC(CCSC)C(=O)O)c(-c3ccccc3C)c2)cc1. The number of anilines is 1. The number of benzene rings is 4. The molecule has 0 bridgehead atoms. The number of halogens is 2. The van der Waals surface area contributed by atoms with E-state index in [4.69, 9.17) is 0 Å². The lowest BCUT2D eigenvalue weighted by Crippen LogP contribution is -2.41. The molecule has 0 aliphatic rings. The Morgan fingerprint density at radius 1 is 0.930 bits per heavy atom. The van der Waals surface area contributed by atoms with E-state index in [9.17, 15) is 23.5 Å². The van der Waals surface area contributed by atoms with Crippen LogP contribution in [0.1, 0.15) is 39.0 Å². The summed E-state index contributed by atoms with van der Waals surface area (Å²) in [5.41, 5.74) is 5.95. The molecule has 1 unspecified atom stereocenters. The summed E-state index contributed by atoms with van der Waals surface area (Å²) in [6.45, 7) is 6.37. The Morgan fingerprint density at radius 3 is 2.23 bits per heavy atom. The van der Waals surface area contributed by atoms with Crippen molar-refractivity contribution in [2.24, 2.45) is 0 Å². The predicted molar refractivity (Wildman–Crippen MR) is 171 cm³/mol. The maximum atomic E-state index is 14.1.